The summed E-state index contributed by atoms with van der Waals surface area (Å²) < 4.78 is 11.1. The Kier molecular flexibility index (Phi) is 17.1. The van der Waals surface area contributed by atoms with E-state index in [4.69, 9.17) is 15.2 Å². The molecule has 0 bridgehead atoms. The summed E-state index contributed by atoms with van der Waals surface area (Å²) in [5, 5.41) is 5.43. The highest BCUT2D eigenvalue weighted by Gasteiger charge is 2.38. The van der Waals surface area contributed by atoms with Gasteiger partial charge in [-0.1, -0.05) is 101 Å². The molecule has 0 heterocycles. The molecule has 51 heavy (non-hydrogen) atoms. The quantitative estimate of drug-likeness (QED) is 0.114. The van der Waals surface area contributed by atoms with E-state index in [1.165, 1.54) is 4.90 Å². The number of amides is 4. The number of ether oxygens (including phenoxy) is 2. The fraction of sp³-hybridized carbons (Fsp3) is 0.575. The van der Waals surface area contributed by atoms with Crippen LogP contribution in [0.25, 0.3) is 0 Å². The van der Waals surface area contributed by atoms with Crippen LogP contribution in [0.15, 0.2) is 54.6 Å². The van der Waals surface area contributed by atoms with Gasteiger partial charge in [0.1, 0.15) is 29.3 Å². The van der Waals surface area contributed by atoms with Crippen molar-refractivity contribution in [2.75, 3.05) is 6.54 Å². The SMILES string of the molecule is CCCCCCCCN(C(=O)C(CC(N)=O)NC(=O)OC(C)(C)C)C(C(=O)NC(Cc1ccccc1)C(=O)OC(C)(C)C)c1ccc(CC)cc1. The van der Waals surface area contributed by atoms with Gasteiger partial charge in [0, 0.05) is 13.0 Å². The number of esters is 1. The number of primary amides is 1. The van der Waals surface area contributed by atoms with Gasteiger partial charge in [-0.25, -0.2) is 9.59 Å². The van der Waals surface area contributed by atoms with E-state index in [9.17, 15) is 24.0 Å². The molecule has 0 aliphatic heterocycles. The van der Waals surface area contributed by atoms with Crippen molar-refractivity contribution in [2.24, 2.45) is 5.73 Å². The second-order valence-electron chi connectivity index (χ2n) is 15.0. The van der Waals surface area contributed by atoms with Crippen molar-refractivity contribution in [3.63, 3.8) is 0 Å². The Hall–Kier alpha value is -4.41. The van der Waals surface area contributed by atoms with Gasteiger partial charge in [-0.2, -0.15) is 0 Å². The van der Waals surface area contributed by atoms with Crippen LogP contribution >= 0.6 is 0 Å². The molecule has 4 N–H and O–H groups in total. The topological polar surface area (TPSA) is 157 Å². The van der Waals surface area contributed by atoms with Gasteiger partial charge in [-0.05, 0) is 71.1 Å². The molecule has 0 aliphatic rings. The second-order valence-corrected chi connectivity index (χ2v) is 15.0. The van der Waals surface area contributed by atoms with Crippen LogP contribution in [-0.4, -0.2) is 64.5 Å². The lowest BCUT2D eigenvalue weighted by Gasteiger charge is -2.35. The zero-order chi connectivity index (χ0) is 38.2. The summed E-state index contributed by atoms with van der Waals surface area (Å²) in [6.07, 6.45) is 4.99. The summed E-state index contributed by atoms with van der Waals surface area (Å²) in [5.74, 6) is -2.72. The van der Waals surface area contributed by atoms with Gasteiger partial charge >= 0.3 is 12.1 Å². The molecule has 3 atom stereocenters. The Balaban J connectivity index is 2.65. The van der Waals surface area contributed by atoms with Gasteiger partial charge in [0.2, 0.25) is 17.7 Å². The van der Waals surface area contributed by atoms with Crippen LogP contribution in [0, 0.1) is 0 Å². The monoisotopic (exact) mass is 708 g/mol. The molecular weight excluding hydrogens is 648 g/mol. The van der Waals surface area contributed by atoms with E-state index < -0.39 is 65.5 Å². The van der Waals surface area contributed by atoms with E-state index in [2.05, 4.69) is 17.6 Å². The first-order valence-corrected chi connectivity index (χ1v) is 18.2. The van der Waals surface area contributed by atoms with Gasteiger partial charge in [0.05, 0.1) is 6.42 Å². The van der Waals surface area contributed by atoms with Crippen molar-refractivity contribution in [1.29, 1.82) is 0 Å². The summed E-state index contributed by atoms with van der Waals surface area (Å²) in [5.41, 5.74) is 6.22. The highest BCUT2D eigenvalue weighted by molar-refractivity contribution is 5.95. The van der Waals surface area contributed by atoms with E-state index in [1.807, 2.05) is 49.4 Å². The fourth-order valence-corrected chi connectivity index (χ4v) is 5.56. The number of unbranched alkanes of at least 4 members (excludes halogenated alkanes) is 5. The fourth-order valence-electron chi connectivity index (χ4n) is 5.56. The lowest BCUT2D eigenvalue weighted by Crippen LogP contribution is -2.55. The van der Waals surface area contributed by atoms with Crippen LogP contribution in [-0.2, 0) is 41.5 Å². The number of benzene rings is 2. The lowest BCUT2D eigenvalue weighted by atomic mass is 9.98. The Bertz CT molecular complexity index is 1420. The first kappa shape index (κ1) is 42.8. The van der Waals surface area contributed by atoms with E-state index in [0.29, 0.717) is 12.0 Å². The predicted octanol–water partition coefficient (Wildman–Crippen LogP) is 6.32. The Morgan fingerprint density at radius 1 is 0.725 bits per heavy atom. The number of hydrogen-bond acceptors (Lipinski definition) is 7. The zero-order valence-corrected chi connectivity index (χ0v) is 31.9. The average molecular weight is 709 g/mol. The van der Waals surface area contributed by atoms with Crippen molar-refractivity contribution in [2.45, 2.75) is 143 Å². The Morgan fingerprint density at radius 2 is 1.31 bits per heavy atom. The molecule has 11 nitrogen and oxygen atoms in total. The zero-order valence-electron chi connectivity index (χ0n) is 31.9. The first-order chi connectivity index (χ1) is 23.9. The largest absolute Gasteiger partial charge is 0.458 e. The molecule has 0 fully saturated rings. The summed E-state index contributed by atoms with van der Waals surface area (Å²) >= 11 is 0. The van der Waals surface area contributed by atoms with E-state index in [-0.39, 0.29) is 13.0 Å². The number of hydrogen-bond donors (Lipinski definition) is 3. The maximum atomic E-state index is 14.6. The maximum Gasteiger partial charge on any atom is 0.408 e. The molecule has 0 saturated heterocycles. The summed E-state index contributed by atoms with van der Waals surface area (Å²) in [4.78, 5) is 69.3. The maximum absolute atomic E-state index is 14.6. The molecule has 11 heteroatoms. The van der Waals surface area contributed by atoms with Crippen LogP contribution < -0.4 is 16.4 Å². The number of carbonyl (C=O) groups excluding carboxylic acids is 5. The van der Waals surface area contributed by atoms with Gasteiger partial charge in [-0.3, -0.25) is 14.4 Å². The third-order valence-electron chi connectivity index (χ3n) is 7.98. The molecule has 0 aliphatic carbocycles. The number of nitrogens with zero attached hydrogens (tertiary/aromatic N) is 1. The van der Waals surface area contributed by atoms with E-state index in [1.54, 1.807) is 53.7 Å². The van der Waals surface area contributed by atoms with Gasteiger partial charge in [-0.15, -0.1) is 0 Å². The van der Waals surface area contributed by atoms with Gasteiger partial charge < -0.3 is 30.7 Å². The normalized spacial score (nSPS) is 13.3. The van der Waals surface area contributed by atoms with Crippen LogP contribution in [0.2, 0.25) is 0 Å². The van der Waals surface area contributed by atoms with E-state index >= 15 is 0 Å². The Morgan fingerprint density at radius 3 is 1.86 bits per heavy atom. The number of nitrogens with two attached hydrogens (primary N) is 1. The minimum absolute atomic E-state index is 0.139. The molecule has 0 saturated carbocycles. The first-order valence-electron chi connectivity index (χ1n) is 18.2. The number of rotatable bonds is 19. The molecule has 0 radical (unpaired) electrons. The molecule has 2 aromatic carbocycles. The van der Waals surface area contributed by atoms with Crippen LogP contribution in [0.5, 0.6) is 0 Å². The van der Waals surface area contributed by atoms with Gasteiger partial charge in [0.25, 0.3) is 0 Å². The summed E-state index contributed by atoms with van der Waals surface area (Å²) in [6, 6.07) is 12.9. The van der Waals surface area contributed by atoms with E-state index in [0.717, 1.165) is 49.7 Å². The summed E-state index contributed by atoms with van der Waals surface area (Å²) in [6.45, 7) is 14.6. The number of nitrogens with one attached hydrogen (secondary N) is 2. The van der Waals surface area contributed by atoms with Gasteiger partial charge in [0.15, 0.2) is 0 Å². The van der Waals surface area contributed by atoms with Crippen molar-refractivity contribution >= 4 is 29.8 Å². The molecular formula is C40H60N4O7. The molecule has 282 valence electrons. The van der Waals surface area contributed by atoms with Crippen molar-refractivity contribution in [3.05, 3.63) is 71.3 Å². The highest BCUT2D eigenvalue weighted by atomic mass is 16.6. The third kappa shape index (κ3) is 16.0. The Labute approximate surface area is 304 Å². The second kappa shape index (κ2) is 20.4. The number of alkyl carbamates (subject to hydrolysis) is 1. The number of carbonyl (C=O) groups is 5. The van der Waals surface area contributed by atoms with Crippen LogP contribution in [0.4, 0.5) is 4.79 Å². The van der Waals surface area contributed by atoms with Crippen molar-refractivity contribution in [3.8, 4) is 0 Å². The molecule has 2 aromatic rings. The molecule has 4 amide bonds. The lowest BCUT2D eigenvalue weighted by molar-refractivity contribution is -0.159. The van der Waals surface area contributed by atoms with Crippen LogP contribution in [0.1, 0.15) is 123 Å². The van der Waals surface area contributed by atoms with Crippen LogP contribution in [0.3, 0.4) is 0 Å². The average Bonchev–Trinajstić information content (AvgIpc) is 3.03. The molecule has 3 unspecified atom stereocenters. The highest BCUT2D eigenvalue weighted by Crippen LogP contribution is 2.26. The minimum Gasteiger partial charge on any atom is -0.458 e. The minimum atomic E-state index is -1.41. The smallest absolute Gasteiger partial charge is 0.408 e. The number of aryl methyl sites for hydroxylation is 1. The molecule has 2 rings (SSSR count). The molecule has 0 spiro atoms. The third-order valence-corrected chi connectivity index (χ3v) is 7.98. The molecule has 0 aromatic heterocycles. The standard InChI is InChI=1S/C40H60N4O7/c1-9-11-12-13-14-18-25-44(36(47)31(27-33(41)45)43-38(49)51-40(6,7)8)34(30-23-21-28(10-2)22-24-30)35(46)42-32(37(48)50-39(3,4)5)26-29-19-16-15-17-20-29/h15-17,19-24,31-32,34H,9-14,18,25-27H2,1-8H3,(H2,41,45)(H,42,46)(H,43,49). The van der Waals surface area contributed by atoms with Crippen molar-refractivity contribution in [1.82, 2.24) is 15.5 Å². The summed E-state index contributed by atoms with van der Waals surface area (Å²) in [7, 11) is 0. The predicted molar refractivity (Wildman–Crippen MR) is 199 cm³/mol. The van der Waals surface area contributed by atoms with Crippen molar-refractivity contribution < 1.29 is 33.4 Å².